The first kappa shape index (κ1) is 17.0. The van der Waals surface area contributed by atoms with Crippen molar-refractivity contribution in [2.45, 2.75) is 31.5 Å². The summed E-state index contributed by atoms with van der Waals surface area (Å²) in [6.07, 6.45) is -1.59. The lowest BCUT2D eigenvalue weighted by Crippen LogP contribution is -2.48. The van der Waals surface area contributed by atoms with Crippen LogP contribution in [0.15, 0.2) is 16.6 Å². The van der Waals surface area contributed by atoms with Gasteiger partial charge in [0.1, 0.15) is 5.75 Å². The van der Waals surface area contributed by atoms with Gasteiger partial charge in [-0.3, -0.25) is 4.90 Å². The highest BCUT2D eigenvalue weighted by atomic mass is 79.9. The zero-order chi connectivity index (χ0) is 16.6. The molecule has 1 aromatic rings. The van der Waals surface area contributed by atoms with Crippen LogP contribution in [0.2, 0.25) is 0 Å². The lowest BCUT2D eigenvalue weighted by atomic mass is 9.75. The molecule has 1 saturated heterocycles. The largest absolute Gasteiger partial charge is 0.506 e. The molecule has 128 valence electrons. The van der Waals surface area contributed by atoms with Crippen LogP contribution in [0, 0.1) is 5.92 Å². The van der Waals surface area contributed by atoms with E-state index in [1.807, 2.05) is 0 Å². The summed E-state index contributed by atoms with van der Waals surface area (Å²) < 4.78 is 40.9. The smallest absolute Gasteiger partial charge is 0.416 e. The van der Waals surface area contributed by atoms with Crippen LogP contribution in [0.1, 0.15) is 36.4 Å². The Morgan fingerprint density at radius 2 is 1.87 bits per heavy atom. The minimum Gasteiger partial charge on any atom is -0.506 e. The zero-order valence-electron chi connectivity index (χ0n) is 12.7. The summed E-state index contributed by atoms with van der Waals surface area (Å²) >= 11 is 3.18. The minimum absolute atomic E-state index is 0.0403. The Balaban J connectivity index is 2.09. The van der Waals surface area contributed by atoms with Gasteiger partial charge in [0.2, 0.25) is 0 Å². The average Bonchev–Trinajstić information content (AvgIpc) is 2.45. The van der Waals surface area contributed by atoms with E-state index in [1.54, 1.807) is 0 Å². The Hall–Kier alpha value is -0.790. The third kappa shape index (κ3) is 3.37. The highest BCUT2D eigenvalue weighted by Gasteiger charge is 2.42. The van der Waals surface area contributed by atoms with Gasteiger partial charge < -0.3 is 10.4 Å². The van der Waals surface area contributed by atoms with Crippen molar-refractivity contribution in [2.75, 3.05) is 26.2 Å². The summed E-state index contributed by atoms with van der Waals surface area (Å²) in [4.78, 5) is 2.09. The summed E-state index contributed by atoms with van der Waals surface area (Å²) in [5.41, 5.74) is -0.674. The predicted molar refractivity (Wildman–Crippen MR) is 85.3 cm³/mol. The van der Waals surface area contributed by atoms with E-state index < -0.39 is 11.7 Å². The number of phenolic OH excluding ortho intramolecular Hbond substituents is 1. The quantitative estimate of drug-likeness (QED) is 0.817. The van der Waals surface area contributed by atoms with Gasteiger partial charge in [-0.05, 0) is 46.8 Å². The van der Waals surface area contributed by atoms with Gasteiger partial charge in [-0.2, -0.15) is 13.2 Å². The molecule has 2 N–H and O–H groups in total. The molecule has 1 heterocycles. The van der Waals surface area contributed by atoms with Crippen molar-refractivity contribution in [1.29, 1.82) is 0 Å². The van der Waals surface area contributed by atoms with E-state index in [9.17, 15) is 18.3 Å². The number of halogens is 4. The summed E-state index contributed by atoms with van der Waals surface area (Å²) in [7, 11) is 0. The molecule has 23 heavy (non-hydrogen) atoms. The third-order valence-electron chi connectivity index (χ3n) is 4.91. The van der Waals surface area contributed by atoms with Crippen molar-refractivity contribution in [3.63, 3.8) is 0 Å². The fourth-order valence-corrected chi connectivity index (χ4v) is 3.91. The van der Waals surface area contributed by atoms with Crippen molar-refractivity contribution < 1.29 is 18.3 Å². The van der Waals surface area contributed by atoms with Gasteiger partial charge in [0.25, 0.3) is 0 Å². The Kier molecular flexibility index (Phi) is 4.90. The number of piperazine rings is 1. The van der Waals surface area contributed by atoms with Crippen molar-refractivity contribution in [3.8, 4) is 5.75 Å². The summed E-state index contributed by atoms with van der Waals surface area (Å²) in [5, 5.41) is 13.7. The summed E-state index contributed by atoms with van der Waals surface area (Å²) in [6, 6.07) is 1.98. The number of rotatable bonds is 3. The molecule has 2 fully saturated rings. The second-order valence-electron chi connectivity index (χ2n) is 6.28. The lowest BCUT2D eigenvalue weighted by molar-refractivity contribution is -0.139. The second-order valence-corrected chi connectivity index (χ2v) is 7.13. The van der Waals surface area contributed by atoms with Crippen LogP contribution in [0.25, 0.3) is 0 Å². The molecule has 0 bridgehead atoms. The van der Waals surface area contributed by atoms with Crippen molar-refractivity contribution in [2.24, 2.45) is 5.92 Å². The minimum atomic E-state index is -4.47. The predicted octanol–water partition coefficient (Wildman–Crippen LogP) is 3.92. The van der Waals surface area contributed by atoms with E-state index >= 15 is 0 Å². The molecule has 1 aliphatic carbocycles. The summed E-state index contributed by atoms with van der Waals surface area (Å²) in [6.45, 7) is 2.92. The number of phenols is 1. The topological polar surface area (TPSA) is 35.5 Å². The molecular formula is C16H20BrF3N2O. The van der Waals surface area contributed by atoms with Crippen molar-refractivity contribution in [3.05, 3.63) is 27.7 Å². The van der Waals surface area contributed by atoms with Gasteiger partial charge in [0.15, 0.2) is 0 Å². The molecule has 1 aliphatic heterocycles. The Labute approximate surface area is 142 Å². The van der Waals surface area contributed by atoms with Crippen molar-refractivity contribution in [1.82, 2.24) is 10.2 Å². The van der Waals surface area contributed by atoms with Crippen LogP contribution in [-0.4, -0.2) is 36.2 Å². The first-order valence-corrected chi connectivity index (χ1v) is 8.72. The van der Waals surface area contributed by atoms with Gasteiger partial charge in [0.05, 0.1) is 10.0 Å². The van der Waals surface area contributed by atoms with E-state index in [0.29, 0.717) is 17.6 Å². The lowest BCUT2D eigenvalue weighted by Gasteiger charge is -2.44. The van der Waals surface area contributed by atoms with E-state index in [0.717, 1.165) is 38.4 Å². The first-order chi connectivity index (χ1) is 10.9. The number of hydrogen-bond acceptors (Lipinski definition) is 3. The van der Waals surface area contributed by atoms with Crippen LogP contribution in [0.4, 0.5) is 13.2 Å². The molecule has 7 heteroatoms. The van der Waals surface area contributed by atoms with Crippen LogP contribution in [0.5, 0.6) is 5.75 Å². The highest BCUT2D eigenvalue weighted by Crippen LogP contribution is 2.50. The molecule has 3 nitrogen and oxygen atoms in total. The van der Waals surface area contributed by atoms with Crippen LogP contribution >= 0.6 is 15.9 Å². The van der Waals surface area contributed by atoms with Crippen LogP contribution in [0.3, 0.4) is 0 Å². The monoisotopic (exact) mass is 392 g/mol. The standard InChI is InChI=1S/C16H20BrF3N2O/c17-12-5-4-11(16(18,19)20)13(15(12)23)14(10-2-1-3-10)22-8-6-21-7-9-22/h4-5,10,14,21,23H,1-3,6-9H2/t14-/m1/s1. The van der Waals surface area contributed by atoms with Gasteiger partial charge in [-0.15, -0.1) is 0 Å². The SMILES string of the molecule is Oc1c(Br)ccc(C(F)(F)F)c1[C@@H](C1CCC1)N1CCNCC1. The molecular weight excluding hydrogens is 373 g/mol. The number of aromatic hydroxyl groups is 1. The van der Waals surface area contributed by atoms with Gasteiger partial charge in [0, 0.05) is 37.8 Å². The fraction of sp³-hybridized carbons (Fsp3) is 0.625. The van der Waals surface area contributed by atoms with Gasteiger partial charge in [-0.25, -0.2) is 0 Å². The Morgan fingerprint density at radius 1 is 1.22 bits per heavy atom. The molecule has 1 atom stereocenters. The normalized spacial score (nSPS) is 21.9. The number of nitrogens with zero attached hydrogens (tertiary/aromatic N) is 1. The average molecular weight is 393 g/mol. The highest BCUT2D eigenvalue weighted by molar-refractivity contribution is 9.10. The van der Waals surface area contributed by atoms with Crippen LogP contribution in [-0.2, 0) is 6.18 Å². The molecule has 3 rings (SSSR count). The zero-order valence-corrected chi connectivity index (χ0v) is 14.3. The number of alkyl halides is 3. The van der Waals surface area contributed by atoms with E-state index in [1.165, 1.54) is 6.07 Å². The first-order valence-electron chi connectivity index (χ1n) is 7.93. The molecule has 0 aromatic heterocycles. The number of nitrogens with one attached hydrogen (secondary N) is 1. The molecule has 0 spiro atoms. The molecule has 0 unspecified atom stereocenters. The van der Waals surface area contributed by atoms with Gasteiger partial charge >= 0.3 is 6.18 Å². The molecule has 2 aliphatic rings. The maximum Gasteiger partial charge on any atom is 0.416 e. The van der Waals surface area contributed by atoms with Gasteiger partial charge in [-0.1, -0.05) is 6.42 Å². The Morgan fingerprint density at radius 3 is 2.39 bits per heavy atom. The Bertz CT molecular complexity index is 569. The van der Waals surface area contributed by atoms with Crippen LogP contribution < -0.4 is 5.32 Å². The fourth-order valence-electron chi connectivity index (χ4n) is 3.56. The number of benzene rings is 1. The van der Waals surface area contributed by atoms with E-state index in [4.69, 9.17) is 0 Å². The molecule has 0 amide bonds. The third-order valence-corrected chi connectivity index (χ3v) is 5.55. The maximum absolute atomic E-state index is 13.5. The van der Waals surface area contributed by atoms with E-state index in [2.05, 4.69) is 26.1 Å². The molecule has 0 radical (unpaired) electrons. The second kappa shape index (κ2) is 6.61. The maximum atomic E-state index is 13.5. The molecule has 1 saturated carbocycles. The number of hydrogen-bond donors (Lipinski definition) is 2. The van der Waals surface area contributed by atoms with E-state index in [-0.39, 0.29) is 23.3 Å². The van der Waals surface area contributed by atoms with Crippen molar-refractivity contribution >= 4 is 15.9 Å². The molecule has 1 aromatic carbocycles. The summed E-state index contributed by atoms with van der Waals surface area (Å²) in [5.74, 6) is -0.0929.